The fourth-order valence-electron chi connectivity index (χ4n) is 3.99. The summed E-state index contributed by atoms with van der Waals surface area (Å²) in [5, 5.41) is 5.50. The van der Waals surface area contributed by atoms with Gasteiger partial charge in [0.15, 0.2) is 0 Å². The van der Waals surface area contributed by atoms with Gasteiger partial charge >= 0.3 is 0 Å². The van der Waals surface area contributed by atoms with Crippen LogP contribution in [0.15, 0.2) is 65.0 Å². The van der Waals surface area contributed by atoms with Crippen LogP contribution in [0.4, 0.5) is 5.69 Å². The van der Waals surface area contributed by atoms with Gasteiger partial charge in [0.05, 0.1) is 11.7 Å². The number of aromatic nitrogens is 2. The average molecular weight is 460 g/mol. The molecule has 2 aromatic carbocycles. The van der Waals surface area contributed by atoms with Crippen molar-refractivity contribution in [3.63, 3.8) is 0 Å². The molecule has 5 nitrogen and oxygen atoms in total. The number of hydrogen-bond acceptors (Lipinski definition) is 4. The number of rotatable bonds is 7. The Morgan fingerprint density at radius 3 is 2.36 bits per heavy atom. The van der Waals surface area contributed by atoms with Gasteiger partial charge in [0.25, 0.3) is 5.56 Å². The predicted octanol–water partition coefficient (Wildman–Crippen LogP) is 6.40. The fraction of sp³-hybridized carbons (Fsp3) is 0.296. The van der Waals surface area contributed by atoms with E-state index in [-0.39, 0.29) is 11.5 Å². The van der Waals surface area contributed by atoms with Gasteiger partial charge in [-0.15, -0.1) is 11.3 Å². The van der Waals surface area contributed by atoms with E-state index in [1.54, 1.807) is 0 Å². The van der Waals surface area contributed by atoms with E-state index in [0.29, 0.717) is 22.6 Å². The molecule has 0 fully saturated rings. The lowest BCUT2D eigenvalue weighted by Gasteiger charge is -2.18. The molecule has 0 radical (unpaired) electrons. The first-order valence-electron chi connectivity index (χ1n) is 11.4. The fourth-order valence-corrected chi connectivity index (χ4v) is 4.89. The van der Waals surface area contributed by atoms with Crippen molar-refractivity contribution >= 4 is 33.1 Å². The van der Waals surface area contributed by atoms with Crippen molar-refractivity contribution in [3.8, 4) is 11.1 Å². The first-order valence-corrected chi connectivity index (χ1v) is 12.3. The largest absolute Gasteiger partial charge is 0.324 e. The molecule has 1 unspecified atom stereocenters. The lowest BCUT2D eigenvalue weighted by atomic mass is 9.99. The number of amides is 1. The Hall–Kier alpha value is -3.25. The molecule has 0 bridgehead atoms. The maximum atomic E-state index is 13.5. The third-order valence-corrected chi connectivity index (χ3v) is 6.95. The summed E-state index contributed by atoms with van der Waals surface area (Å²) in [6.07, 6.45) is 2.92. The highest BCUT2D eigenvalue weighted by Gasteiger charge is 2.23. The maximum absolute atomic E-state index is 13.5. The van der Waals surface area contributed by atoms with E-state index in [0.717, 1.165) is 23.2 Å². The van der Waals surface area contributed by atoms with Crippen molar-refractivity contribution in [1.29, 1.82) is 0 Å². The van der Waals surface area contributed by atoms with Crippen LogP contribution in [0.3, 0.4) is 0 Å². The molecule has 6 heteroatoms. The molecule has 170 valence electrons. The first-order chi connectivity index (χ1) is 15.9. The normalized spacial score (nSPS) is 12.3. The summed E-state index contributed by atoms with van der Waals surface area (Å²) < 4.78 is 1.47. The summed E-state index contributed by atoms with van der Waals surface area (Å²) in [4.78, 5) is 31.8. The second-order valence-electron chi connectivity index (χ2n) is 8.53. The number of nitrogens with one attached hydrogen (secondary N) is 1. The molecule has 1 atom stereocenters. The Balaban J connectivity index is 1.69. The van der Waals surface area contributed by atoms with Crippen LogP contribution in [0.25, 0.3) is 21.3 Å². The van der Waals surface area contributed by atoms with Crippen LogP contribution >= 0.6 is 11.3 Å². The zero-order valence-electron chi connectivity index (χ0n) is 19.5. The van der Waals surface area contributed by atoms with Gasteiger partial charge in [0.2, 0.25) is 5.91 Å². The van der Waals surface area contributed by atoms with E-state index < -0.39 is 6.04 Å². The van der Waals surface area contributed by atoms with Crippen molar-refractivity contribution in [1.82, 2.24) is 9.55 Å². The molecule has 0 saturated heterocycles. The lowest BCUT2D eigenvalue weighted by Crippen LogP contribution is -2.33. The molecule has 0 aliphatic heterocycles. The summed E-state index contributed by atoms with van der Waals surface area (Å²) in [6.45, 7) is 8.31. The number of thiophene rings is 1. The van der Waals surface area contributed by atoms with Gasteiger partial charge in [-0.25, -0.2) is 4.98 Å². The molecule has 2 aromatic heterocycles. The molecule has 0 aliphatic carbocycles. The van der Waals surface area contributed by atoms with Crippen LogP contribution in [0.1, 0.15) is 57.2 Å². The quantitative estimate of drug-likeness (QED) is 0.348. The van der Waals surface area contributed by atoms with E-state index >= 15 is 0 Å². The molecule has 1 amide bonds. The first kappa shape index (κ1) is 22.9. The van der Waals surface area contributed by atoms with Crippen molar-refractivity contribution in [2.75, 3.05) is 5.32 Å². The van der Waals surface area contributed by atoms with Crippen LogP contribution < -0.4 is 10.9 Å². The third kappa shape index (κ3) is 4.62. The average Bonchev–Trinajstić information content (AvgIpc) is 3.26. The van der Waals surface area contributed by atoms with Gasteiger partial charge in [-0.2, -0.15) is 0 Å². The molecule has 1 N–H and O–H groups in total. The predicted molar refractivity (Wildman–Crippen MR) is 137 cm³/mol. The van der Waals surface area contributed by atoms with Gasteiger partial charge in [0, 0.05) is 16.6 Å². The van der Waals surface area contributed by atoms with Gasteiger partial charge in [-0.05, 0) is 47.6 Å². The number of carbonyl (C=O) groups excluding carboxylic acids is 1. The molecular weight excluding hydrogens is 430 g/mol. The minimum Gasteiger partial charge on any atom is -0.324 e. The standard InChI is InChI=1S/C27H29N3O2S/c1-5-18-7-13-21(14-8-18)29-25(31)23(6-2)30-16-28-26-24(27(30)32)22(15-33-26)20-11-9-19(10-12-20)17(3)4/h7-17,23H,5-6H2,1-4H3,(H,29,31). The van der Waals surface area contributed by atoms with Crippen molar-refractivity contribution in [3.05, 3.63) is 81.7 Å². The van der Waals surface area contributed by atoms with E-state index in [1.807, 2.05) is 36.6 Å². The molecule has 33 heavy (non-hydrogen) atoms. The van der Waals surface area contributed by atoms with Crippen LogP contribution in [-0.2, 0) is 11.2 Å². The second-order valence-corrected chi connectivity index (χ2v) is 9.39. The summed E-state index contributed by atoms with van der Waals surface area (Å²) in [7, 11) is 0. The number of hydrogen-bond donors (Lipinski definition) is 1. The van der Waals surface area contributed by atoms with E-state index in [9.17, 15) is 9.59 Å². The molecule has 2 heterocycles. The van der Waals surface area contributed by atoms with Crippen LogP contribution in [-0.4, -0.2) is 15.5 Å². The number of anilines is 1. The van der Waals surface area contributed by atoms with E-state index in [1.165, 1.54) is 33.4 Å². The minimum absolute atomic E-state index is 0.187. The lowest BCUT2D eigenvalue weighted by molar-refractivity contribution is -0.119. The zero-order chi connectivity index (χ0) is 23.5. The Bertz CT molecular complexity index is 1320. The number of fused-ring (bicyclic) bond motifs is 1. The van der Waals surface area contributed by atoms with Crippen LogP contribution in [0.2, 0.25) is 0 Å². The van der Waals surface area contributed by atoms with Crippen molar-refractivity contribution < 1.29 is 4.79 Å². The van der Waals surface area contributed by atoms with Gasteiger partial charge in [-0.3, -0.25) is 14.2 Å². The van der Waals surface area contributed by atoms with Crippen LogP contribution in [0.5, 0.6) is 0 Å². The van der Waals surface area contributed by atoms with Gasteiger partial charge in [0.1, 0.15) is 10.9 Å². The summed E-state index contributed by atoms with van der Waals surface area (Å²) in [6, 6.07) is 15.5. The highest BCUT2D eigenvalue weighted by molar-refractivity contribution is 7.17. The number of nitrogens with zero attached hydrogens (tertiary/aromatic N) is 2. The highest BCUT2D eigenvalue weighted by Crippen LogP contribution is 2.32. The number of carbonyl (C=O) groups is 1. The molecule has 0 spiro atoms. The van der Waals surface area contributed by atoms with Crippen LogP contribution in [0, 0.1) is 0 Å². The monoisotopic (exact) mass is 459 g/mol. The van der Waals surface area contributed by atoms with E-state index in [4.69, 9.17) is 0 Å². The molecular formula is C27H29N3O2S. The SMILES string of the molecule is CCc1ccc(NC(=O)C(CC)n2cnc3scc(-c4ccc(C(C)C)cc4)c3c2=O)cc1. The molecule has 0 saturated carbocycles. The van der Waals surface area contributed by atoms with Gasteiger partial charge in [-0.1, -0.05) is 64.1 Å². The Morgan fingerprint density at radius 2 is 1.76 bits per heavy atom. The molecule has 4 rings (SSSR count). The zero-order valence-corrected chi connectivity index (χ0v) is 20.3. The smallest absolute Gasteiger partial charge is 0.263 e. The van der Waals surface area contributed by atoms with Crippen molar-refractivity contribution in [2.45, 2.75) is 52.5 Å². The highest BCUT2D eigenvalue weighted by atomic mass is 32.1. The Labute approximate surface area is 198 Å². The van der Waals surface area contributed by atoms with Crippen molar-refractivity contribution in [2.24, 2.45) is 0 Å². The summed E-state index contributed by atoms with van der Waals surface area (Å²) >= 11 is 1.45. The Kier molecular flexibility index (Phi) is 6.75. The maximum Gasteiger partial charge on any atom is 0.263 e. The number of benzene rings is 2. The summed E-state index contributed by atoms with van der Waals surface area (Å²) in [5.74, 6) is 0.224. The topological polar surface area (TPSA) is 64.0 Å². The Morgan fingerprint density at radius 1 is 1.06 bits per heavy atom. The number of aryl methyl sites for hydroxylation is 1. The second kappa shape index (κ2) is 9.71. The third-order valence-electron chi connectivity index (χ3n) is 6.06. The molecule has 4 aromatic rings. The summed E-state index contributed by atoms with van der Waals surface area (Å²) in [5.41, 5.74) is 4.84. The molecule has 0 aliphatic rings. The van der Waals surface area contributed by atoms with E-state index in [2.05, 4.69) is 55.3 Å². The minimum atomic E-state index is -0.642. The van der Waals surface area contributed by atoms with Gasteiger partial charge < -0.3 is 5.32 Å².